The molecule has 0 aliphatic heterocycles. The average Bonchev–Trinajstić information content (AvgIpc) is 3.43. The SMILES string of the molecule is CN(CCCC(=O)OC(C)(C)C)C(=O)c1cnn(-c2cccc(C(F)(F)F)c2)c1C1CC1. The van der Waals surface area contributed by atoms with Gasteiger partial charge in [-0.3, -0.25) is 9.59 Å². The summed E-state index contributed by atoms with van der Waals surface area (Å²) in [5.74, 6) is -0.509. The van der Waals surface area contributed by atoms with Crippen molar-refractivity contribution in [2.75, 3.05) is 13.6 Å². The average molecular weight is 451 g/mol. The third-order valence-electron chi connectivity index (χ3n) is 5.06. The number of benzene rings is 1. The van der Waals surface area contributed by atoms with Crippen molar-refractivity contribution in [1.82, 2.24) is 14.7 Å². The fraction of sp³-hybridized carbons (Fsp3) is 0.522. The molecular weight excluding hydrogens is 423 g/mol. The Balaban J connectivity index is 1.74. The van der Waals surface area contributed by atoms with E-state index in [2.05, 4.69) is 5.10 Å². The fourth-order valence-corrected chi connectivity index (χ4v) is 3.45. The minimum atomic E-state index is -4.46. The molecule has 0 bridgehead atoms. The quantitative estimate of drug-likeness (QED) is 0.558. The molecule has 1 aliphatic carbocycles. The lowest BCUT2D eigenvalue weighted by Crippen LogP contribution is -2.29. The van der Waals surface area contributed by atoms with Crippen LogP contribution < -0.4 is 0 Å². The smallest absolute Gasteiger partial charge is 0.416 e. The van der Waals surface area contributed by atoms with Crippen LogP contribution >= 0.6 is 0 Å². The number of amides is 1. The Labute approximate surface area is 185 Å². The second-order valence-electron chi connectivity index (χ2n) is 9.09. The topological polar surface area (TPSA) is 64.4 Å². The van der Waals surface area contributed by atoms with E-state index in [-0.39, 0.29) is 29.9 Å². The van der Waals surface area contributed by atoms with Gasteiger partial charge in [-0.25, -0.2) is 4.68 Å². The highest BCUT2D eigenvalue weighted by Crippen LogP contribution is 2.43. The van der Waals surface area contributed by atoms with Crippen LogP contribution in [0.4, 0.5) is 13.2 Å². The van der Waals surface area contributed by atoms with Crippen LogP contribution in [0.2, 0.25) is 0 Å². The van der Waals surface area contributed by atoms with E-state index in [1.807, 2.05) is 0 Å². The van der Waals surface area contributed by atoms with E-state index in [0.29, 0.717) is 24.2 Å². The second kappa shape index (κ2) is 8.96. The van der Waals surface area contributed by atoms with Crippen LogP contribution in [0.5, 0.6) is 0 Å². The first-order valence-corrected chi connectivity index (χ1v) is 10.6. The molecule has 9 heteroatoms. The van der Waals surface area contributed by atoms with Crippen molar-refractivity contribution >= 4 is 11.9 Å². The molecule has 0 radical (unpaired) electrons. The first-order valence-electron chi connectivity index (χ1n) is 10.6. The van der Waals surface area contributed by atoms with E-state index in [0.717, 1.165) is 25.0 Å². The van der Waals surface area contributed by atoms with Gasteiger partial charge in [0, 0.05) is 25.9 Å². The molecule has 0 atom stereocenters. The summed E-state index contributed by atoms with van der Waals surface area (Å²) in [6.45, 7) is 5.73. The molecule has 0 spiro atoms. The van der Waals surface area contributed by atoms with E-state index in [4.69, 9.17) is 4.74 Å². The van der Waals surface area contributed by atoms with Gasteiger partial charge in [-0.2, -0.15) is 18.3 Å². The zero-order chi connectivity index (χ0) is 23.7. The standard InChI is InChI=1S/C23H28F3N3O3/c1-22(2,3)32-19(30)9-6-12-28(4)21(31)18-14-27-29(20(18)15-10-11-15)17-8-5-7-16(13-17)23(24,25)26/h5,7-8,13-15H,6,9-12H2,1-4H3. The van der Waals surface area contributed by atoms with Crippen molar-refractivity contribution in [3.8, 4) is 5.69 Å². The fourth-order valence-electron chi connectivity index (χ4n) is 3.45. The van der Waals surface area contributed by atoms with Crippen LogP contribution in [0.3, 0.4) is 0 Å². The third kappa shape index (κ3) is 5.89. The number of ether oxygens (including phenoxy) is 1. The van der Waals surface area contributed by atoms with Gasteiger partial charge >= 0.3 is 12.1 Å². The number of carbonyl (C=O) groups excluding carboxylic acids is 2. The molecular formula is C23H28F3N3O3. The summed E-state index contributed by atoms with van der Waals surface area (Å²) in [5.41, 5.74) is -0.0404. The van der Waals surface area contributed by atoms with E-state index in [9.17, 15) is 22.8 Å². The zero-order valence-electron chi connectivity index (χ0n) is 18.7. The highest BCUT2D eigenvalue weighted by Gasteiger charge is 2.35. The van der Waals surface area contributed by atoms with Gasteiger partial charge in [0.25, 0.3) is 5.91 Å². The molecule has 0 N–H and O–H groups in total. The van der Waals surface area contributed by atoms with Crippen molar-refractivity contribution in [2.24, 2.45) is 0 Å². The van der Waals surface area contributed by atoms with Gasteiger partial charge in [-0.15, -0.1) is 0 Å². The van der Waals surface area contributed by atoms with Crippen molar-refractivity contribution < 1.29 is 27.5 Å². The predicted molar refractivity (Wildman–Crippen MR) is 113 cm³/mol. The van der Waals surface area contributed by atoms with Gasteiger partial charge in [0.15, 0.2) is 0 Å². The van der Waals surface area contributed by atoms with Gasteiger partial charge in [-0.05, 0) is 58.2 Å². The zero-order valence-corrected chi connectivity index (χ0v) is 18.7. The molecule has 1 aromatic heterocycles. The number of nitrogens with zero attached hydrogens (tertiary/aromatic N) is 3. The molecule has 2 aromatic rings. The summed E-state index contributed by atoms with van der Waals surface area (Å²) in [7, 11) is 1.63. The van der Waals surface area contributed by atoms with Crippen LogP contribution in [0, 0.1) is 0 Å². The van der Waals surface area contributed by atoms with E-state index >= 15 is 0 Å². The Bertz CT molecular complexity index is 988. The molecule has 0 saturated heterocycles. The minimum absolute atomic E-state index is 0.0844. The minimum Gasteiger partial charge on any atom is -0.460 e. The number of rotatable bonds is 7. The highest BCUT2D eigenvalue weighted by molar-refractivity contribution is 5.95. The van der Waals surface area contributed by atoms with Gasteiger partial charge in [0.1, 0.15) is 5.60 Å². The van der Waals surface area contributed by atoms with E-state index in [1.54, 1.807) is 33.9 Å². The number of carbonyl (C=O) groups is 2. The molecule has 1 fully saturated rings. The van der Waals surface area contributed by atoms with Gasteiger partial charge in [0.05, 0.1) is 28.7 Å². The molecule has 1 amide bonds. The van der Waals surface area contributed by atoms with Gasteiger partial charge < -0.3 is 9.64 Å². The lowest BCUT2D eigenvalue weighted by molar-refractivity contribution is -0.155. The molecule has 1 aliphatic rings. The number of alkyl halides is 3. The molecule has 174 valence electrons. The number of aromatic nitrogens is 2. The van der Waals surface area contributed by atoms with Crippen LogP contribution in [0.15, 0.2) is 30.5 Å². The van der Waals surface area contributed by atoms with E-state index < -0.39 is 17.3 Å². The summed E-state index contributed by atoms with van der Waals surface area (Å²) < 4.78 is 46.1. The number of halogens is 3. The Kier molecular flexibility index (Phi) is 6.67. The predicted octanol–water partition coefficient (Wildman–Crippen LogP) is 4.96. The van der Waals surface area contributed by atoms with E-state index in [1.165, 1.54) is 21.8 Å². The highest BCUT2D eigenvalue weighted by atomic mass is 19.4. The van der Waals surface area contributed by atoms with Gasteiger partial charge in [-0.1, -0.05) is 6.07 Å². The maximum atomic E-state index is 13.1. The summed E-state index contributed by atoms with van der Waals surface area (Å²) >= 11 is 0. The summed E-state index contributed by atoms with van der Waals surface area (Å²) in [6, 6.07) is 4.93. The van der Waals surface area contributed by atoms with Crippen molar-refractivity contribution in [2.45, 2.75) is 64.1 Å². The third-order valence-corrected chi connectivity index (χ3v) is 5.06. The molecule has 1 aromatic carbocycles. The molecule has 3 rings (SSSR count). The van der Waals surface area contributed by atoms with Gasteiger partial charge in [0.2, 0.25) is 0 Å². The van der Waals surface area contributed by atoms with Crippen molar-refractivity contribution in [1.29, 1.82) is 0 Å². The largest absolute Gasteiger partial charge is 0.460 e. The number of hydrogen-bond donors (Lipinski definition) is 0. The first kappa shape index (κ1) is 23.8. The maximum absolute atomic E-state index is 13.1. The van der Waals surface area contributed by atoms with Crippen LogP contribution in [0.25, 0.3) is 5.69 Å². The lowest BCUT2D eigenvalue weighted by Gasteiger charge is -2.20. The first-order chi connectivity index (χ1) is 14.9. The molecule has 32 heavy (non-hydrogen) atoms. The molecule has 0 unspecified atom stereocenters. The van der Waals surface area contributed by atoms with Crippen LogP contribution in [-0.2, 0) is 15.7 Å². The Morgan fingerprint density at radius 3 is 2.50 bits per heavy atom. The second-order valence-corrected chi connectivity index (χ2v) is 9.09. The number of hydrogen-bond acceptors (Lipinski definition) is 4. The Morgan fingerprint density at radius 1 is 1.22 bits per heavy atom. The monoisotopic (exact) mass is 451 g/mol. The Morgan fingerprint density at radius 2 is 1.91 bits per heavy atom. The summed E-state index contributed by atoms with van der Waals surface area (Å²) in [6.07, 6.45) is -0.706. The number of esters is 1. The van der Waals surface area contributed by atoms with Crippen molar-refractivity contribution in [3.05, 3.63) is 47.3 Å². The van der Waals surface area contributed by atoms with Crippen molar-refractivity contribution in [3.63, 3.8) is 0 Å². The summed E-state index contributed by atoms with van der Waals surface area (Å²) in [4.78, 5) is 26.4. The summed E-state index contributed by atoms with van der Waals surface area (Å²) in [5, 5.41) is 4.25. The van der Waals surface area contributed by atoms with Crippen LogP contribution in [0.1, 0.15) is 74.0 Å². The molecule has 1 heterocycles. The lowest BCUT2D eigenvalue weighted by atomic mass is 10.1. The molecule has 6 nitrogen and oxygen atoms in total. The maximum Gasteiger partial charge on any atom is 0.416 e. The normalized spacial score (nSPS) is 14.3. The molecule has 1 saturated carbocycles. The Hall–Kier alpha value is -2.84. The van der Waals surface area contributed by atoms with Crippen LogP contribution in [-0.4, -0.2) is 45.8 Å².